The molecule has 1 aromatic carbocycles. The molecule has 1 aliphatic carbocycles. The summed E-state index contributed by atoms with van der Waals surface area (Å²) in [5.74, 6) is 0.428. The summed E-state index contributed by atoms with van der Waals surface area (Å²) >= 11 is 3.57. The predicted molar refractivity (Wildman–Crippen MR) is 85.7 cm³/mol. The van der Waals surface area contributed by atoms with E-state index in [4.69, 9.17) is 5.26 Å². The Balaban J connectivity index is 1.68. The zero-order valence-electron chi connectivity index (χ0n) is 12.2. The Kier molecular flexibility index (Phi) is 4.35. The Morgan fingerprint density at radius 2 is 2.24 bits per heavy atom. The number of piperidine rings is 1. The quantitative estimate of drug-likeness (QED) is 0.890. The number of nitrogens with zero attached hydrogens (tertiary/aromatic N) is 2. The third-order valence-electron chi connectivity index (χ3n) is 5.09. The second-order valence-corrected chi connectivity index (χ2v) is 7.30. The molecule has 1 saturated carbocycles. The number of halogens is 1. The van der Waals surface area contributed by atoms with Gasteiger partial charge in [-0.3, -0.25) is 4.90 Å². The molecule has 3 rings (SSSR count). The van der Waals surface area contributed by atoms with Crippen molar-refractivity contribution in [2.75, 3.05) is 13.1 Å². The van der Waals surface area contributed by atoms with Gasteiger partial charge >= 0.3 is 0 Å². The molecule has 1 saturated heterocycles. The molecule has 1 heterocycles. The van der Waals surface area contributed by atoms with E-state index in [1.54, 1.807) is 0 Å². The molecular weight excluding hydrogens is 328 g/mol. The number of nitriles is 1. The molecule has 2 fully saturated rings. The summed E-state index contributed by atoms with van der Waals surface area (Å²) in [6.07, 6.45) is 5.45. The molecule has 0 bridgehead atoms. The lowest BCUT2D eigenvalue weighted by molar-refractivity contribution is -0.0968. The third-order valence-corrected chi connectivity index (χ3v) is 5.83. The van der Waals surface area contributed by atoms with Crippen molar-refractivity contribution in [3.63, 3.8) is 0 Å². The summed E-state index contributed by atoms with van der Waals surface area (Å²) in [6, 6.07) is 7.96. The van der Waals surface area contributed by atoms with Gasteiger partial charge in [0.15, 0.2) is 0 Å². The highest BCUT2D eigenvalue weighted by Gasteiger charge is 2.42. The molecule has 4 heteroatoms. The van der Waals surface area contributed by atoms with E-state index in [2.05, 4.69) is 26.9 Å². The fourth-order valence-electron chi connectivity index (χ4n) is 3.77. The van der Waals surface area contributed by atoms with Gasteiger partial charge in [0.05, 0.1) is 17.2 Å². The van der Waals surface area contributed by atoms with E-state index in [-0.39, 0.29) is 0 Å². The Hall–Kier alpha value is -0.890. The van der Waals surface area contributed by atoms with Gasteiger partial charge in [0, 0.05) is 30.0 Å². The van der Waals surface area contributed by atoms with Gasteiger partial charge in [-0.1, -0.05) is 34.8 Å². The van der Waals surface area contributed by atoms with Crippen molar-refractivity contribution >= 4 is 15.9 Å². The first kappa shape index (κ1) is 15.0. The van der Waals surface area contributed by atoms with Crippen molar-refractivity contribution < 1.29 is 5.11 Å². The fourth-order valence-corrected chi connectivity index (χ4v) is 4.27. The van der Waals surface area contributed by atoms with E-state index in [0.717, 1.165) is 43.4 Å². The molecule has 0 spiro atoms. The summed E-state index contributed by atoms with van der Waals surface area (Å²) in [4.78, 5) is 2.44. The van der Waals surface area contributed by atoms with Crippen molar-refractivity contribution in [2.45, 2.75) is 44.2 Å². The smallest absolute Gasteiger partial charge is 0.0992 e. The van der Waals surface area contributed by atoms with Crippen LogP contribution in [0.2, 0.25) is 0 Å². The molecule has 1 N–H and O–H groups in total. The number of hydrogen-bond acceptors (Lipinski definition) is 3. The molecule has 2 atom stereocenters. The first-order chi connectivity index (χ1) is 10.1. The monoisotopic (exact) mass is 348 g/mol. The van der Waals surface area contributed by atoms with E-state index in [1.165, 1.54) is 18.4 Å². The second kappa shape index (κ2) is 6.08. The standard InChI is InChI=1S/C17H21BrN2O/c18-16-9-13(10-19)4-5-14(16)11-20-8-7-17(21)6-2-1-3-15(17)12-20/h4-5,9,15,21H,1-3,6-8,11-12H2. The molecule has 3 nitrogen and oxygen atoms in total. The summed E-state index contributed by atoms with van der Waals surface area (Å²) in [7, 11) is 0. The number of hydrogen-bond donors (Lipinski definition) is 1. The van der Waals surface area contributed by atoms with Gasteiger partial charge < -0.3 is 5.11 Å². The topological polar surface area (TPSA) is 47.3 Å². The zero-order valence-corrected chi connectivity index (χ0v) is 13.8. The Morgan fingerprint density at radius 3 is 3.00 bits per heavy atom. The molecule has 2 unspecified atom stereocenters. The largest absolute Gasteiger partial charge is 0.390 e. The van der Waals surface area contributed by atoms with Gasteiger partial charge in [0.2, 0.25) is 0 Å². The molecule has 1 aromatic rings. The molecule has 21 heavy (non-hydrogen) atoms. The van der Waals surface area contributed by atoms with E-state index in [9.17, 15) is 5.11 Å². The first-order valence-corrected chi connectivity index (χ1v) is 8.53. The van der Waals surface area contributed by atoms with Crippen LogP contribution in [0.3, 0.4) is 0 Å². The number of aliphatic hydroxyl groups is 1. The minimum atomic E-state index is -0.406. The van der Waals surface area contributed by atoms with E-state index >= 15 is 0 Å². The van der Waals surface area contributed by atoms with Crippen LogP contribution in [0.15, 0.2) is 22.7 Å². The SMILES string of the molecule is N#Cc1ccc(CN2CCC3(O)CCCCC3C2)c(Br)c1. The minimum absolute atomic E-state index is 0.406. The van der Waals surface area contributed by atoms with Gasteiger partial charge in [-0.15, -0.1) is 0 Å². The van der Waals surface area contributed by atoms with Gasteiger partial charge in [-0.05, 0) is 37.0 Å². The summed E-state index contributed by atoms with van der Waals surface area (Å²) < 4.78 is 1.01. The van der Waals surface area contributed by atoms with Crippen molar-refractivity contribution in [1.29, 1.82) is 5.26 Å². The van der Waals surface area contributed by atoms with Crippen LogP contribution in [-0.4, -0.2) is 28.7 Å². The highest BCUT2D eigenvalue weighted by Crippen LogP contribution is 2.40. The average molecular weight is 349 g/mol. The van der Waals surface area contributed by atoms with Crippen LogP contribution in [0.4, 0.5) is 0 Å². The van der Waals surface area contributed by atoms with Crippen LogP contribution in [0.1, 0.15) is 43.2 Å². The van der Waals surface area contributed by atoms with Crippen LogP contribution in [0.5, 0.6) is 0 Å². The van der Waals surface area contributed by atoms with Crippen LogP contribution < -0.4 is 0 Å². The predicted octanol–water partition coefficient (Wildman–Crippen LogP) is 3.45. The van der Waals surface area contributed by atoms with Crippen LogP contribution in [-0.2, 0) is 6.54 Å². The van der Waals surface area contributed by atoms with Gasteiger partial charge in [0.25, 0.3) is 0 Å². The normalized spacial score (nSPS) is 29.7. The van der Waals surface area contributed by atoms with Crippen LogP contribution in [0, 0.1) is 17.2 Å². The van der Waals surface area contributed by atoms with Crippen molar-refractivity contribution in [3.8, 4) is 6.07 Å². The Bertz CT molecular complexity index is 568. The molecule has 0 radical (unpaired) electrons. The Labute approximate surface area is 134 Å². The molecule has 0 aromatic heterocycles. The average Bonchev–Trinajstić information content (AvgIpc) is 2.49. The van der Waals surface area contributed by atoms with Gasteiger partial charge in [0.1, 0.15) is 0 Å². The molecule has 2 aliphatic rings. The van der Waals surface area contributed by atoms with Gasteiger partial charge in [-0.25, -0.2) is 0 Å². The van der Waals surface area contributed by atoms with E-state index in [0.29, 0.717) is 11.5 Å². The lowest BCUT2D eigenvalue weighted by Crippen LogP contribution is -2.52. The number of likely N-dealkylation sites (tertiary alicyclic amines) is 1. The molecule has 0 amide bonds. The summed E-state index contributed by atoms with van der Waals surface area (Å²) in [5.41, 5.74) is 1.50. The Morgan fingerprint density at radius 1 is 1.38 bits per heavy atom. The minimum Gasteiger partial charge on any atom is -0.390 e. The zero-order chi connectivity index (χ0) is 14.9. The maximum atomic E-state index is 10.7. The number of benzene rings is 1. The highest BCUT2D eigenvalue weighted by molar-refractivity contribution is 9.10. The molecular formula is C17H21BrN2O. The second-order valence-electron chi connectivity index (χ2n) is 6.45. The fraction of sp³-hybridized carbons (Fsp3) is 0.588. The molecule has 112 valence electrons. The van der Waals surface area contributed by atoms with Crippen molar-refractivity contribution in [2.24, 2.45) is 5.92 Å². The van der Waals surface area contributed by atoms with Crippen LogP contribution in [0.25, 0.3) is 0 Å². The van der Waals surface area contributed by atoms with E-state index in [1.807, 2.05) is 18.2 Å². The summed E-state index contributed by atoms with van der Waals surface area (Å²) in [5, 5.41) is 19.6. The van der Waals surface area contributed by atoms with Gasteiger partial charge in [-0.2, -0.15) is 5.26 Å². The first-order valence-electron chi connectivity index (χ1n) is 7.74. The van der Waals surface area contributed by atoms with Crippen molar-refractivity contribution in [1.82, 2.24) is 4.90 Å². The highest BCUT2D eigenvalue weighted by atomic mass is 79.9. The number of fused-ring (bicyclic) bond motifs is 1. The van der Waals surface area contributed by atoms with Crippen LogP contribution >= 0.6 is 15.9 Å². The molecule has 1 aliphatic heterocycles. The van der Waals surface area contributed by atoms with E-state index < -0.39 is 5.60 Å². The maximum absolute atomic E-state index is 10.7. The third kappa shape index (κ3) is 3.15. The lowest BCUT2D eigenvalue weighted by atomic mass is 9.71. The lowest BCUT2D eigenvalue weighted by Gasteiger charge is -2.47. The maximum Gasteiger partial charge on any atom is 0.0992 e. The number of rotatable bonds is 2. The van der Waals surface area contributed by atoms with Crippen molar-refractivity contribution in [3.05, 3.63) is 33.8 Å². The summed E-state index contributed by atoms with van der Waals surface area (Å²) in [6.45, 7) is 2.83.